The van der Waals surface area contributed by atoms with Gasteiger partial charge in [0.05, 0.1) is 15.7 Å². The molecule has 3 rings (SSSR count). The predicted octanol–water partition coefficient (Wildman–Crippen LogP) is 3.60. The Morgan fingerprint density at radius 1 is 1.06 bits per heavy atom. The van der Waals surface area contributed by atoms with E-state index < -0.39 is 26.0 Å². The van der Waals surface area contributed by atoms with E-state index in [1.54, 1.807) is 6.07 Å². The van der Waals surface area contributed by atoms with Gasteiger partial charge in [0.15, 0.2) is 5.69 Å². The molecule has 1 amide bonds. The number of benzene rings is 2. The number of aromatic nitrogens is 1. The summed E-state index contributed by atoms with van der Waals surface area (Å²) >= 11 is 6.50. The largest absolute Gasteiger partial charge is 0.476 e. The van der Waals surface area contributed by atoms with E-state index in [1.165, 1.54) is 55.5 Å². The Hall–Kier alpha value is -2.72. The number of anilines is 1. The summed E-state index contributed by atoms with van der Waals surface area (Å²) in [5.74, 6) is -2.07. The van der Waals surface area contributed by atoms with Crippen LogP contribution in [-0.2, 0) is 12.4 Å². The van der Waals surface area contributed by atoms with Gasteiger partial charge in [0.25, 0.3) is 0 Å². The summed E-state index contributed by atoms with van der Waals surface area (Å²) in [4.78, 5) is 25.4. The molecule has 0 saturated carbocycles. The van der Waals surface area contributed by atoms with E-state index in [0.717, 1.165) is 0 Å². The molecule has 0 aliphatic carbocycles. The average Bonchev–Trinajstić information content (AvgIpc) is 2.76. The minimum Gasteiger partial charge on any atom is -0.476 e. The van der Waals surface area contributed by atoms with Crippen LogP contribution in [0.1, 0.15) is 17.4 Å². The number of halogens is 3. The van der Waals surface area contributed by atoms with Crippen molar-refractivity contribution in [3.8, 4) is 11.3 Å². The number of carboxylic acids is 1. The fourth-order valence-corrected chi connectivity index (χ4v) is 4.00. The Morgan fingerprint density at radius 3 is 2.18 bits per heavy atom. The summed E-state index contributed by atoms with van der Waals surface area (Å²) in [6.07, 6.45) is 0. The van der Waals surface area contributed by atoms with Crippen LogP contribution in [-0.4, -0.2) is 45.5 Å². The van der Waals surface area contributed by atoms with Gasteiger partial charge in [-0.25, -0.2) is 14.2 Å². The Bertz CT molecular complexity index is 1230. The molecule has 1 aromatic heterocycles. The Labute approximate surface area is 199 Å². The normalized spacial score (nSPS) is 12.2. The molecule has 174 valence electrons. The zero-order chi connectivity index (χ0) is 24.8. The van der Waals surface area contributed by atoms with Crippen molar-refractivity contribution in [3.63, 3.8) is 0 Å². The second-order valence-corrected chi connectivity index (χ2v) is 10.7. The van der Waals surface area contributed by atoms with Crippen molar-refractivity contribution in [2.75, 3.05) is 5.32 Å². The van der Waals surface area contributed by atoms with Gasteiger partial charge in [-0.3, -0.25) is 0 Å². The molecule has 4 N–H and O–H groups in total. The summed E-state index contributed by atoms with van der Waals surface area (Å²) in [6, 6.07) is 12.5. The third-order valence-electron chi connectivity index (χ3n) is 3.89. The van der Waals surface area contributed by atoms with Crippen molar-refractivity contribution in [1.82, 2.24) is 4.98 Å². The van der Waals surface area contributed by atoms with Crippen molar-refractivity contribution >= 4 is 59.3 Å². The quantitative estimate of drug-likeness (QED) is 0.210. The van der Waals surface area contributed by atoms with Crippen molar-refractivity contribution in [3.05, 3.63) is 76.2 Å². The first kappa shape index (κ1) is 26.5. The molecular weight excluding hydrogens is 545 g/mol. The molecule has 0 fully saturated rings. The van der Waals surface area contributed by atoms with Crippen LogP contribution in [0.3, 0.4) is 0 Å². The van der Waals surface area contributed by atoms with Crippen LogP contribution >= 0.6 is 23.2 Å². The Kier molecular flexibility index (Phi) is 9.18. The van der Waals surface area contributed by atoms with Crippen molar-refractivity contribution in [1.29, 1.82) is 0 Å². The molecule has 0 saturated heterocycles. The standard InChI is InChI=1S/C12H6Cl2FNO2.C8H10AsNO5/c13-7-2-1-6(5-9(7)15)10-4-3-8(14)11(16-10)12(17)18;1-6(11)10-8-4-2-7(3-5-8)9(12,13)15-14/h1-5H,(H,17,18);2-5,14H,1H3,(H,10,11)(H,12,13). The number of carbonyl (C=O) groups is 2. The molecule has 0 bridgehead atoms. The minimum absolute atomic E-state index is 0.00438. The summed E-state index contributed by atoms with van der Waals surface area (Å²) in [5, 5.41) is 19.6. The summed E-state index contributed by atoms with van der Waals surface area (Å²) in [6.45, 7) is 1.35. The molecule has 0 spiro atoms. The van der Waals surface area contributed by atoms with Crippen LogP contribution < -0.4 is 9.67 Å². The zero-order valence-electron chi connectivity index (χ0n) is 16.7. The zero-order valence-corrected chi connectivity index (χ0v) is 20.1. The molecule has 9 nitrogen and oxygen atoms in total. The second-order valence-electron chi connectivity index (χ2n) is 6.29. The van der Waals surface area contributed by atoms with Gasteiger partial charge in [-0.05, 0) is 24.3 Å². The van der Waals surface area contributed by atoms with E-state index in [4.69, 9.17) is 37.7 Å². The second kappa shape index (κ2) is 11.4. The van der Waals surface area contributed by atoms with Gasteiger partial charge >= 0.3 is 94.4 Å². The van der Waals surface area contributed by atoms with Crippen LogP contribution in [0.5, 0.6) is 0 Å². The number of rotatable bonds is 5. The number of hydrogen-bond donors (Lipinski definition) is 4. The van der Waals surface area contributed by atoms with Gasteiger partial charge in [-0.2, -0.15) is 0 Å². The maximum atomic E-state index is 13.3. The van der Waals surface area contributed by atoms with Gasteiger partial charge in [0.1, 0.15) is 5.82 Å². The molecule has 2 aromatic carbocycles. The van der Waals surface area contributed by atoms with Gasteiger partial charge in [0, 0.05) is 5.56 Å². The molecule has 1 unspecified atom stereocenters. The van der Waals surface area contributed by atoms with Crippen LogP contribution in [0.2, 0.25) is 10.0 Å². The first-order chi connectivity index (χ1) is 15.4. The van der Waals surface area contributed by atoms with Crippen molar-refractivity contribution in [2.45, 2.75) is 6.92 Å². The Morgan fingerprint density at radius 2 is 1.67 bits per heavy atom. The van der Waals surface area contributed by atoms with Crippen molar-refractivity contribution < 1.29 is 36.1 Å². The van der Waals surface area contributed by atoms with Gasteiger partial charge in [0.2, 0.25) is 0 Å². The van der Waals surface area contributed by atoms with Crippen LogP contribution in [0.25, 0.3) is 11.3 Å². The SMILES string of the molecule is CC(=O)Nc1ccc([As](=O)(O)OO)cc1.O=C(O)c1nc(-c2ccc(Cl)c(F)c2)ccc1Cl. The van der Waals surface area contributed by atoms with Crippen LogP contribution in [0, 0.1) is 5.82 Å². The summed E-state index contributed by atoms with van der Waals surface area (Å²) in [5.41, 5.74) is 0.965. The van der Waals surface area contributed by atoms with Crippen LogP contribution in [0.4, 0.5) is 10.1 Å². The average molecular weight is 561 g/mol. The summed E-state index contributed by atoms with van der Waals surface area (Å²) < 4.78 is 37.1. The van der Waals surface area contributed by atoms with E-state index in [1.807, 2.05) is 0 Å². The third-order valence-corrected chi connectivity index (χ3v) is 6.96. The first-order valence-electron chi connectivity index (χ1n) is 8.84. The van der Waals surface area contributed by atoms with Gasteiger partial charge in [-0.15, -0.1) is 0 Å². The van der Waals surface area contributed by atoms with Gasteiger partial charge < -0.3 is 5.11 Å². The minimum atomic E-state index is -4.76. The monoisotopic (exact) mass is 560 g/mol. The predicted molar refractivity (Wildman–Crippen MR) is 119 cm³/mol. The van der Waals surface area contributed by atoms with E-state index in [2.05, 4.69) is 14.2 Å². The molecule has 0 radical (unpaired) electrons. The molecule has 1 heterocycles. The number of carbonyl (C=O) groups excluding carboxylic acids is 1. The number of amides is 1. The van der Waals surface area contributed by atoms with Crippen molar-refractivity contribution in [2.24, 2.45) is 0 Å². The molecular formula is C20H16AsCl2FN2O7. The third kappa shape index (κ3) is 7.39. The molecule has 13 heteroatoms. The number of aromatic carboxylic acids is 1. The number of hydrogen-bond acceptors (Lipinski definition) is 6. The fourth-order valence-electron chi connectivity index (χ4n) is 2.39. The molecule has 3 aromatic rings. The topological polar surface area (TPSA) is 146 Å². The van der Waals surface area contributed by atoms with E-state index in [0.29, 0.717) is 16.9 Å². The molecule has 0 aliphatic heterocycles. The first-order valence-corrected chi connectivity index (χ1v) is 12.9. The number of carboxylic acid groups (broad SMARTS) is 1. The fraction of sp³-hybridized carbons (Fsp3) is 0.0500. The summed E-state index contributed by atoms with van der Waals surface area (Å²) in [7, 11) is 0. The number of pyridine rings is 1. The molecule has 33 heavy (non-hydrogen) atoms. The van der Waals surface area contributed by atoms with Crippen LogP contribution in [0.15, 0.2) is 54.6 Å². The number of nitrogens with one attached hydrogen (secondary N) is 1. The maximum absolute atomic E-state index is 13.3. The molecule has 1 atom stereocenters. The van der Waals surface area contributed by atoms with E-state index >= 15 is 0 Å². The Balaban J connectivity index is 0.000000238. The van der Waals surface area contributed by atoms with E-state index in [-0.39, 0.29) is 26.0 Å². The van der Waals surface area contributed by atoms with E-state index in [9.17, 15) is 17.7 Å². The smallest absolute Gasteiger partial charge is 0.356 e. The molecule has 0 aliphatic rings. The van der Waals surface area contributed by atoms with Gasteiger partial charge in [-0.1, -0.05) is 29.3 Å². The maximum Gasteiger partial charge on any atom is 0.356 e. The number of nitrogens with zero attached hydrogens (tertiary/aromatic N) is 1.